The van der Waals surface area contributed by atoms with Gasteiger partial charge in [0.2, 0.25) is 5.82 Å². The molecule has 3 N–H and O–H groups in total. The zero-order valence-electron chi connectivity index (χ0n) is 9.18. The number of hydrogen-bond acceptors (Lipinski definition) is 7. The zero-order valence-corrected chi connectivity index (χ0v) is 9.18. The van der Waals surface area contributed by atoms with Crippen molar-refractivity contribution in [3.05, 3.63) is 40.3 Å². The first-order chi connectivity index (χ1) is 8.63. The summed E-state index contributed by atoms with van der Waals surface area (Å²) in [5.41, 5.74) is 5.34. The van der Waals surface area contributed by atoms with Gasteiger partial charge in [-0.1, -0.05) is 17.3 Å². The third-order valence-corrected chi connectivity index (χ3v) is 2.29. The second kappa shape index (κ2) is 4.90. The van der Waals surface area contributed by atoms with Gasteiger partial charge in [0.15, 0.2) is 0 Å². The molecule has 94 valence electrons. The summed E-state index contributed by atoms with van der Waals surface area (Å²) in [5, 5.41) is 23.8. The van der Waals surface area contributed by atoms with Gasteiger partial charge >= 0.3 is 0 Å². The van der Waals surface area contributed by atoms with Gasteiger partial charge in [-0.25, -0.2) is 0 Å². The Morgan fingerprint density at radius 1 is 1.50 bits per heavy atom. The molecule has 0 aliphatic carbocycles. The zero-order chi connectivity index (χ0) is 13.1. The lowest BCUT2D eigenvalue weighted by molar-refractivity contribution is -0.384. The van der Waals surface area contributed by atoms with Crippen LogP contribution >= 0.6 is 0 Å². The van der Waals surface area contributed by atoms with E-state index in [0.717, 1.165) is 0 Å². The Bertz CT molecular complexity index is 569. The SMILES string of the molecule is NC[C@H](O)c1nc(-c2ccccc2[N+](=O)[O-])no1. The van der Waals surface area contributed by atoms with Crippen LogP contribution in [0.5, 0.6) is 0 Å². The molecule has 0 fully saturated rings. The van der Waals surface area contributed by atoms with Crippen molar-refractivity contribution in [1.29, 1.82) is 0 Å². The lowest BCUT2D eigenvalue weighted by Crippen LogP contribution is -2.11. The lowest BCUT2D eigenvalue weighted by atomic mass is 10.2. The van der Waals surface area contributed by atoms with Crippen LogP contribution < -0.4 is 5.73 Å². The van der Waals surface area contributed by atoms with Crippen LogP contribution in [0.25, 0.3) is 11.4 Å². The highest BCUT2D eigenvalue weighted by Gasteiger charge is 2.21. The molecule has 2 rings (SSSR count). The summed E-state index contributed by atoms with van der Waals surface area (Å²) < 4.78 is 4.79. The van der Waals surface area contributed by atoms with Gasteiger partial charge in [-0.2, -0.15) is 4.98 Å². The predicted octanol–water partition coefficient (Wildman–Crippen LogP) is 0.637. The van der Waals surface area contributed by atoms with Gasteiger partial charge in [0.1, 0.15) is 11.7 Å². The maximum atomic E-state index is 10.8. The van der Waals surface area contributed by atoms with Crippen molar-refractivity contribution in [2.75, 3.05) is 6.54 Å². The molecule has 0 aliphatic heterocycles. The average molecular weight is 250 g/mol. The molecule has 1 atom stereocenters. The summed E-state index contributed by atoms with van der Waals surface area (Å²) in [5.74, 6) is -0.0181. The van der Waals surface area contributed by atoms with E-state index in [-0.39, 0.29) is 29.5 Å². The Morgan fingerprint density at radius 3 is 2.89 bits per heavy atom. The predicted molar refractivity (Wildman–Crippen MR) is 60.4 cm³/mol. The van der Waals surface area contributed by atoms with Crippen LogP contribution in [0.2, 0.25) is 0 Å². The van der Waals surface area contributed by atoms with Crippen molar-refractivity contribution < 1.29 is 14.6 Å². The summed E-state index contributed by atoms with van der Waals surface area (Å²) in [7, 11) is 0. The number of hydrogen-bond donors (Lipinski definition) is 2. The fourth-order valence-corrected chi connectivity index (χ4v) is 1.40. The van der Waals surface area contributed by atoms with Gasteiger partial charge in [-0.3, -0.25) is 10.1 Å². The molecule has 2 aromatic rings. The molecular weight excluding hydrogens is 240 g/mol. The van der Waals surface area contributed by atoms with E-state index in [1.165, 1.54) is 18.2 Å². The van der Waals surface area contributed by atoms with Crippen molar-refractivity contribution >= 4 is 5.69 Å². The maximum absolute atomic E-state index is 10.8. The third-order valence-electron chi connectivity index (χ3n) is 2.29. The van der Waals surface area contributed by atoms with Crippen molar-refractivity contribution in [2.24, 2.45) is 5.73 Å². The fourth-order valence-electron chi connectivity index (χ4n) is 1.40. The van der Waals surface area contributed by atoms with Gasteiger partial charge in [0.25, 0.3) is 11.6 Å². The number of aliphatic hydroxyl groups excluding tert-OH is 1. The van der Waals surface area contributed by atoms with Gasteiger partial charge in [0.05, 0.1) is 4.92 Å². The molecular formula is C10H10N4O4. The van der Waals surface area contributed by atoms with E-state index in [2.05, 4.69) is 10.1 Å². The molecule has 0 bridgehead atoms. The summed E-state index contributed by atoms with van der Waals surface area (Å²) >= 11 is 0. The topological polar surface area (TPSA) is 128 Å². The Morgan fingerprint density at radius 2 is 2.22 bits per heavy atom. The van der Waals surface area contributed by atoms with Gasteiger partial charge in [-0.05, 0) is 6.07 Å². The van der Waals surface area contributed by atoms with Crippen LogP contribution in [0.4, 0.5) is 5.69 Å². The van der Waals surface area contributed by atoms with E-state index >= 15 is 0 Å². The molecule has 1 aromatic carbocycles. The number of nitrogens with zero attached hydrogens (tertiary/aromatic N) is 3. The van der Waals surface area contributed by atoms with E-state index in [1.807, 2.05) is 0 Å². The molecule has 8 heteroatoms. The Labute approximate surface area is 101 Å². The third kappa shape index (κ3) is 2.19. The van der Waals surface area contributed by atoms with Crippen molar-refractivity contribution in [3.8, 4) is 11.4 Å². The number of aromatic nitrogens is 2. The molecule has 0 spiro atoms. The van der Waals surface area contributed by atoms with Crippen LogP contribution in [0.1, 0.15) is 12.0 Å². The first kappa shape index (κ1) is 12.1. The smallest absolute Gasteiger partial charge is 0.280 e. The highest BCUT2D eigenvalue weighted by Crippen LogP contribution is 2.27. The normalized spacial score (nSPS) is 12.3. The molecule has 1 heterocycles. The Kier molecular flexibility index (Phi) is 3.31. The van der Waals surface area contributed by atoms with Gasteiger partial charge in [0, 0.05) is 12.6 Å². The summed E-state index contributed by atoms with van der Waals surface area (Å²) in [6.45, 7) is -0.0709. The van der Waals surface area contributed by atoms with Crippen LogP contribution in [-0.4, -0.2) is 26.7 Å². The number of rotatable bonds is 4. The molecule has 1 aromatic heterocycles. The number of nitrogens with two attached hydrogens (primary N) is 1. The number of nitro benzene ring substituents is 1. The van der Waals surface area contributed by atoms with E-state index in [1.54, 1.807) is 6.07 Å². The minimum absolute atomic E-state index is 0.0461. The summed E-state index contributed by atoms with van der Waals surface area (Å²) in [6, 6.07) is 6.00. The highest BCUT2D eigenvalue weighted by molar-refractivity contribution is 5.67. The standard InChI is InChI=1S/C10H10N4O4/c11-5-8(15)10-12-9(13-18-10)6-3-1-2-4-7(6)14(16)17/h1-4,8,15H,5,11H2/t8-/m0/s1. The van der Waals surface area contributed by atoms with E-state index in [0.29, 0.717) is 0 Å². The van der Waals surface area contributed by atoms with Crippen LogP contribution in [-0.2, 0) is 0 Å². The van der Waals surface area contributed by atoms with Crippen LogP contribution in [0.3, 0.4) is 0 Å². The van der Waals surface area contributed by atoms with Crippen molar-refractivity contribution in [1.82, 2.24) is 10.1 Å². The van der Waals surface area contributed by atoms with Crippen molar-refractivity contribution in [3.63, 3.8) is 0 Å². The minimum Gasteiger partial charge on any atom is -0.382 e. The van der Waals surface area contributed by atoms with Gasteiger partial charge < -0.3 is 15.4 Å². The van der Waals surface area contributed by atoms with Gasteiger partial charge in [-0.15, -0.1) is 0 Å². The van der Waals surface area contributed by atoms with E-state index in [9.17, 15) is 15.2 Å². The second-order valence-electron chi connectivity index (χ2n) is 3.48. The first-order valence-electron chi connectivity index (χ1n) is 5.09. The molecule has 0 radical (unpaired) electrons. The molecule has 8 nitrogen and oxygen atoms in total. The Hall–Kier alpha value is -2.32. The number of aliphatic hydroxyl groups is 1. The number of benzene rings is 1. The quantitative estimate of drug-likeness (QED) is 0.601. The number of nitro groups is 1. The second-order valence-corrected chi connectivity index (χ2v) is 3.48. The molecule has 0 unspecified atom stereocenters. The monoisotopic (exact) mass is 250 g/mol. The van der Waals surface area contributed by atoms with Crippen LogP contribution in [0, 0.1) is 10.1 Å². The molecule has 0 saturated heterocycles. The largest absolute Gasteiger partial charge is 0.382 e. The maximum Gasteiger partial charge on any atom is 0.280 e. The molecule has 18 heavy (non-hydrogen) atoms. The average Bonchev–Trinajstić information content (AvgIpc) is 2.87. The van der Waals surface area contributed by atoms with Crippen molar-refractivity contribution in [2.45, 2.75) is 6.10 Å². The molecule has 0 amide bonds. The Balaban J connectivity index is 2.43. The van der Waals surface area contributed by atoms with E-state index in [4.69, 9.17) is 10.3 Å². The summed E-state index contributed by atoms with van der Waals surface area (Å²) in [4.78, 5) is 14.2. The minimum atomic E-state index is -1.07. The molecule has 0 aliphatic rings. The number of para-hydroxylation sites is 1. The molecule has 0 saturated carbocycles. The highest BCUT2D eigenvalue weighted by atomic mass is 16.6. The van der Waals surface area contributed by atoms with Crippen LogP contribution in [0.15, 0.2) is 28.8 Å². The van der Waals surface area contributed by atoms with E-state index < -0.39 is 11.0 Å². The first-order valence-corrected chi connectivity index (χ1v) is 5.09. The fraction of sp³-hybridized carbons (Fsp3) is 0.200. The lowest BCUT2D eigenvalue weighted by Gasteiger charge is -1.98. The summed E-state index contributed by atoms with van der Waals surface area (Å²) in [6.07, 6.45) is -1.07.